The van der Waals surface area contributed by atoms with Crippen molar-refractivity contribution in [3.63, 3.8) is 0 Å². The summed E-state index contributed by atoms with van der Waals surface area (Å²) in [6, 6.07) is 7.00. The number of rotatable bonds is 8. The molecule has 0 radical (unpaired) electrons. The van der Waals surface area contributed by atoms with E-state index in [1.807, 2.05) is 24.3 Å². The number of nitrogens with one attached hydrogen (secondary N) is 2. The quantitative estimate of drug-likeness (QED) is 0.223. The number of carbonyl (C=O) groups excluding carboxylic acids is 3. The second kappa shape index (κ2) is 12.0. The Kier molecular flexibility index (Phi) is 8.85. The Labute approximate surface area is 236 Å². The van der Waals surface area contributed by atoms with Crippen LogP contribution in [0, 0.1) is 13.8 Å². The molecule has 2 N–H and O–H groups in total. The number of aromatic nitrogens is 1. The van der Waals surface area contributed by atoms with Crippen molar-refractivity contribution in [1.29, 1.82) is 0 Å². The van der Waals surface area contributed by atoms with Gasteiger partial charge in [-0.3, -0.25) is 9.59 Å². The van der Waals surface area contributed by atoms with Crippen molar-refractivity contribution < 1.29 is 33.9 Å². The minimum absolute atomic E-state index is 0.0761. The van der Waals surface area contributed by atoms with Gasteiger partial charge in [0.1, 0.15) is 18.8 Å². The van der Waals surface area contributed by atoms with E-state index in [1.54, 1.807) is 25.7 Å². The molecule has 2 aliphatic heterocycles. The number of aryl methyl sites for hydroxylation is 1. The topological polar surface area (TPSA) is 116 Å². The van der Waals surface area contributed by atoms with E-state index in [0.29, 0.717) is 29.8 Å². The normalized spacial score (nSPS) is 19.9. The average Bonchev–Trinajstić information content (AvgIpc) is 3.36. The van der Waals surface area contributed by atoms with Crippen molar-refractivity contribution in [1.82, 2.24) is 9.88 Å². The Morgan fingerprint density at radius 2 is 1.80 bits per heavy atom. The van der Waals surface area contributed by atoms with Crippen LogP contribution in [0.15, 0.2) is 29.8 Å². The van der Waals surface area contributed by atoms with Gasteiger partial charge in [0.2, 0.25) is 5.78 Å². The Hall–Kier alpha value is -3.43. The monoisotopic (exact) mass is 551 g/mol. The second-order valence-corrected chi connectivity index (χ2v) is 11.7. The minimum Gasteiger partial charge on any atom is -0.872 e. The van der Waals surface area contributed by atoms with Gasteiger partial charge in [0.05, 0.1) is 32.4 Å². The molecule has 1 atom stereocenters. The second-order valence-electron chi connectivity index (χ2n) is 11.7. The van der Waals surface area contributed by atoms with Gasteiger partial charge in [-0.1, -0.05) is 50.8 Å². The fourth-order valence-electron chi connectivity index (χ4n) is 5.65. The molecule has 216 valence electrons. The van der Waals surface area contributed by atoms with E-state index in [1.165, 1.54) is 4.90 Å². The number of quaternary nitrogens is 1. The summed E-state index contributed by atoms with van der Waals surface area (Å²) in [4.78, 5) is 45.3. The SMILES string of the molecule is CCOC(=O)c1[nH]c(C)c(C([O-])=C2C(=O)C(=O)N(CCC[NH+]3CCOCC3)C2c2ccc(C(C)(C)C)cc2)c1C. The van der Waals surface area contributed by atoms with Gasteiger partial charge in [-0.2, -0.15) is 0 Å². The lowest BCUT2D eigenvalue weighted by molar-refractivity contribution is -0.908. The highest BCUT2D eigenvalue weighted by Crippen LogP contribution is 2.40. The lowest BCUT2D eigenvalue weighted by Gasteiger charge is -2.29. The number of nitrogens with zero attached hydrogens (tertiary/aromatic N) is 1. The fourth-order valence-corrected chi connectivity index (χ4v) is 5.65. The molecule has 1 unspecified atom stereocenters. The van der Waals surface area contributed by atoms with E-state index in [-0.39, 0.29) is 28.9 Å². The molecule has 0 bridgehead atoms. The lowest BCUT2D eigenvalue weighted by Crippen LogP contribution is -3.14. The molecule has 0 spiro atoms. The molecule has 0 saturated carbocycles. The highest BCUT2D eigenvalue weighted by Gasteiger charge is 2.44. The van der Waals surface area contributed by atoms with Crippen molar-refractivity contribution in [2.75, 3.05) is 46.0 Å². The molecule has 1 amide bonds. The third-order valence-corrected chi connectivity index (χ3v) is 7.90. The van der Waals surface area contributed by atoms with Crippen molar-refractivity contribution in [3.05, 3.63) is 63.5 Å². The maximum Gasteiger partial charge on any atom is 0.355 e. The van der Waals surface area contributed by atoms with Gasteiger partial charge >= 0.3 is 5.97 Å². The lowest BCUT2D eigenvalue weighted by atomic mass is 9.85. The summed E-state index contributed by atoms with van der Waals surface area (Å²) < 4.78 is 10.6. The number of morpholine rings is 1. The molecule has 0 aliphatic carbocycles. The van der Waals surface area contributed by atoms with Crippen molar-refractivity contribution >= 4 is 23.4 Å². The first-order chi connectivity index (χ1) is 19.0. The molecule has 40 heavy (non-hydrogen) atoms. The summed E-state index contributed by atoms with van der Waals surface area (Å²) in [6.45, 7) is 16.0. The van der Waals surface area contributed by atoms with Crippen LogP contribution in [0.3, 0.4) is 0 Å². The highest BCUT2D eigenvalue weighted by atomic mass is 16.5. The standard InChI is InChI=1S/C31H41N3O6/c1-7-40-30(38)25-19(2)23(20(3)32-25)27(35)24-26(21-9-11-22(12-10-21)31(4,5)6)34(29(37)28(24)36)14-8-13-33-15-17-39-18-16-33/h9-12,26,32,35H,7-8,13-18H2,1-6H3. The van der Waals surface area contributed by atoms with Gasteiger partial charge in [0, 0.05) is 24.2 Å². The van der Waals surface area contributed by atoms with Crippen LogP contribution in [0.2, 0.25) is 0 Å². The number of H-pyrrole nitrogens is 1. The molecular formula is C31H41N3O6. The summed E-state index contributed by atoms with van der Waals surface area (Å²) in [5.41, 5.74) is 2.94. The van der Waals surface area contributed by atoms with E-state index in [9.17, 15) is 19.5 Å². The fraction of sp³-hybridized carbons (Fsp3) is 0.516. The van der Waals surface area contributed by atoms with E-state index in [4.69, 9.17) is 9.47 Å². The largest absolute Gasteiger partial charge is 0.872 e. The molecule has 1 aromatic carbocycles. The zero-order chi connectivity index (χ0) is 29.2. The summed E-state index contributed by atoms with van der Waals surface area (Å²) >= 11 is 0. The molecule has 2 aromatic rings. The van der Waals surface area contributed by atoms with Gasteiger partial charge in [-0.25, -0.2) is 4.79 Å². The third kappa shape index (κ3) is 5.86. The zero-order valence-electron chi connectivity index (χ0n) is 24.4. The van der Waals surface area contributed by atoms with Gasteiger partial charge in [0.15, 0.2) is 0 Å². The van der Waals surface area contributed by atoms with Crippen molar-refractivity contribution in [3.8, 4) is 0 Å². The van der Waals surface area contributed by atoms with Crippen LogP contribution >= 0.6 is 0 Å². The number of carbonyl (C=O) groups is 3. The van der Waals surface area contributed by atoms with E-state index >= 15 is 0 Å². The van der Waals surface area contributed by atoms with Crippen LogP contribution in [0.25, 0.3) is 5.76 Å². The molecule has 1 aromatic heterocycles. The van der Waals surface area contributed by atoms with Crippen LogP contribution in [0.4, 0.5) is 0 Å². The Bertz CT molecular complexity index is 1300. The summed E-state index contributed by atoms with van der Waals surface area (Å²) in [7, 11) is 0. The zero-order valence-corrected chi connectivity index (χ0v) is 24.4. The first-order valence-corrected chi connectivity index (χ1v) is 14.1. The predicted molar refractivity (Wildman–Crippen MR) is 149 cm³/mol. The maximum atomic E-state index is 14.1. The number of aromatic amines is 1. The molecule has 2 saturated heterocycles. The maximum absolute atomic E-state index is 14.1. The number of hydrogen-bond acceptors (Lipinski definition) is 6. The van der Waals surface area contributed by atoms with Crippen molar-refractivity contribution in [2.24, 2.45) is 0 Å². The number of likely N-dealkylation sites (tertiary alicyclic amines) is 1. The Morgan fingerprint density at radius 1 is 1.15 bits per heavy atom. The first kappa shape index (κ1) is 29.6. The number of Topliss-reactive ketones (excluding diaryl/α,β-unsaturated/α-hetero) is 1. The number of ether oxygens (including phenoxy) is 2. The molecule has 9 nitrogen and oxygen atoms in total. The number of esters is 1. The highest BCUT2D eigenvalue weighted by molar-refractivity contribution is 6.46. The van der Waals surface area contributed by atoms with E-state index in [0.717, 1.165) is 38.4 Å². The molecule has 4 rings (SSSR count). The predicted octanol–water partition coefficient (Wildman–Crippen LogP) is 1.63. The number of amides is 1. The van der Waals surface area contributed by atoms with Crippen molar-refractivity contribution in [2.45, 2.75) is 59.4 Å². The average molecular weight is 552 g/mol. The van der Waals surface area contributed by atoms with Crippen LogP contribution in [-0.2, 0) is 24.5 Å². The van der Waals surface area contributed by atoms with Gasteiger partial charge < -0.3 is 29.4 Å². The first-order valence-electron chi connectivity index (χ1n) is 14.1. The molecule has 9 heteroatoms. The van der Waals surface area contributed by atoms with Gasteiger partial charge in [-0.05, 0) is 48.4 Å². The Balaban J connectivity index is 1.76. The molecule has 3 heterocycles. The summed E-state index contributed by atoms with van der Waals surface area (Å²) in [6.07, 6.45) is 0.696. The molecular weight excluding hydrogens is 510 g/mol. The number of hydrogen-bond donors (Lipinski definition) is 2. The third-order valence-electron chi connectivity index (χ3n) is 7.90. The Morgan fingerprint density at radius 3 is 2.40 bits per heavy atom. The van der Waals surface area contributed by atoms with Crippen LogP contribution in [0.5, 0.6) is 0 Å². The smallest absolute Gasteiger partial charge is 0.355 e. The van der Waals surface area contributed by atoms with E-state index < -0.39 is 29.5 Å². The number of benzene rings is 1. The van der Waals surface area contributed by atoms with Crippen LogP contribution < -0.4 is 10.0 Å². The summed E-state index contributed by atoms with van der Waals surface area (Å²) in [5, 5.41) is 14.1. The van der Waals surface area contributed by atoms with Crippen LogP contribution in [-0.4, -0.2) is 73.5 Å². The van der Waals surface area contributed by atoms with Gasteiger partial charge in [-0.15, -0.1) is 0 Å². The molecule has 2 aliphatic rings. The minimum atomic E-state index is -0.805. The molecule has 2 fully saturated rings. The summed E-state index contributed by atoms with van der Waals surface area (Å²) in [5.74, 6) is -2.55. The number of ketones is 1. The van der Waals surface area contributed by atoms with Crippen LogP contribution in [0.1, 0.15) is 78.6 Å². The van der Waals surface area contributed by atoms with E-state index in [2.05, 4.69) is 25.8 Å². The van der Waals surface area contributed by atoms with Gasteiger partial charge in [0.25, 0.3) is 5.91 Å².